The van der Waals surface area contributed by atoms with E-state index in [2.05, 4.69) is 25.5 Å². The fourth-order valence-corrected chi connectivity index (χ4v) is 4.80. The zero-order valence-corrected chi connectivity index (χ0v) is 14.0. The lowest BCUT2D eigenvalue weighted by Gasteiger charge is -2.25. The van der Waals surface area contributed by atoms with Crippen LogP contribution in [0.2, 0.25) is 0 Å². The molecule has 2 saturated carbocycles. The molecule has 2 nitrogen and oxygen atoms in total. The highest BCUT2D eigenvalue weighted by atomic mass is 79.9. The zero-order chi connectivity index (χ0) is 14.6. The minimum atomic E-state index is -0.252. The van der Waals surface area contributed by atoms with Crippen molar-refractivity contribution in [3.05, 3.63) is 28.2 Å². The van der Waals surface area contributed by atoms with Crippen LogP contribution in [0.4, 0.5) is 4.39 Å². The Kier molecular flexibility index (Phi) is 3.49. The van der Waals surface area contributed by atoms with Crippen LogP contribution in [0.5, 0.6) is 0 Å². The van der Waals surface area contributed by atoms with Gasteiger partial charge in [0.25, 0.3) is 0 Å². The average Bonchev–Trinajstić information content (AvgIpc) is 3.13. The van der Waals surface area contributed by atoms with Crippen molar-refractivity contribution in [3.8, 4) is 0 Å². The van der Waals surface area contributed by atoms with Gasteiger partial charge in [-0.05, 0) is 53.1 Å². The molecule has 0 saturated heterocycles. The zero-order valence-electron chi connectivity index (χ0n) is 11.7. The Hall–Kier alpha value is -0.610. The number of hydrogen-bond acceptors (Lipinski definition) is 1. The standard InChI is InChI=1S/C16H17BrClFN2/c17-11-7-15-13(8-12(11)19)20-16(3-4-18)21(15)14-6-9-1-2-10(14)5-9/h7-10,14H,1-6H2. The van der Waals surface area contributed by atoms with Gasteiger partial charge < -0.3 is 4.57 Å². The van der Waals surface area contributed by atoms with Gasteiger partial charge in [-0.25, -0.2) is 9.37 Å². The fraction of sp³-hybridized carbons (Fsp3) is 0.562. The quantitative estimate of drug-likeness (QED) is 0.688. The van der Waals surface area contributed by atoms with Crippen LogP contribution in [0.15, 0.2) is 16.6 Å². The molecule has 2 bridgehead atoms. The second kappa shape index (κ2) is 5.24. The van der Waals surface area contributed by atoms with Crippen molar-refractivity contribution in [1.82, 2.24) is 9.55 Å². The number of alkyl halides is 1. The summed E-state index contributed by atoms with van der Waals surface area (Å²) in [4.78, 5) is 4.65. The summed E-state index contributed by atoms with van der Waals surface area (Å²) in [5.74, 6) is 2.93. The van der Waals surface area contributed by atoms with Crippen molar-refractivity contribution >= 4 is 38.6 Å². The summed E-state index contributed by atoms with van der Waals surface area (Å²) in [6.45, 7) is 0. The normalized spacial score (nSPS) is 27.9. The van der Waals surface area contributed by atoms with E-state index >= 15 is 0 Å². The molecule has 3 atom stereocenters. The van der Waals surface area contributed by atoms with Gasteiger partial charge >= 0.3 is 0 Å². The summed E-state index contributed by atoms with van der Waals surface area (Å²) in [7, 11) is 0. The van der Waals surface area contributed by atoms with Gasteiger partial charge in [0.1, 0.15) is 11.6 Å². The number of imidazole rings is 1. The first-order chi connectivity index (χ1) is 10.2. The highest BCUT2D eigenvalue weighted by Crippen LogP contribution is 2.51. The number of aromatic nitrogens is 2. The summed E-state index contributed by atoms with van der Waals surface area (Å²) in [6.07, 6.45) is 6.01. The first-order valence-electron chi connectivity index (χ1n) is 7.59. The average molecular weight is 372 g/mol. The van der Waals surface area contributed by atoms with Gasteiger partial charge in [0.15, 0.2) is 0 Å². The molecule has 2 aliphatic rings. The van der Waals surface area contributed by atoms with E-state index < -0.39 is 0 Å². The smallest absolute Gasteiger partial charge is 0.139 e. The van der Waals surface area contributed by atoms with Gasteiger partial charge in [-0.15, -0.1) is 11.6 Å². The molecule has 5 heteroatoms. The van der Waals surface area contributed by atoms with Gasteiger partial charge in [-0.1, -0.05) is 6.42 Å². The molecule has 1 aromatic carbocycles. The molecule has 21 heavy (non-hydrogen) atoms. The Balaban J connectivity index is 1.88. The lowest BCUT2D eigenvalue weighted by molar-refractivity contribution is 0.329. The Morgan fingerprint density at radius 1 is 1.33 bits per heavy atom. The maximum Gasteiger partial charge on any atom is 0.139 e. The lowest BCUT2D eigenvalue weighted by Crippen LogP contribution is -2.18. The number of nitrogens with zero attached hydrogens (tertiary/aromatic N) is 2. The maximum atomic E-state index is 13.8. The first-order valence-corrected chi connectivity index (χ1v) is 8.92. The van der Waals surface area contributed by atoms with Crippen molar-refractivity contribution in [2.45, 2.75) is 38.1 Å². The third-order valence-corrected chi connectivity index (χ3v) is 5.95. The predicted molar refractivity (Wildman–Crippen MR) is 86.3 cm³/mol. The van der Waals surface area contributed by atoms with E-state index in [1.54, 1.807) is 0 Å². The highest BCUT2D eigenvalue weighted by Gasteiger charge is 2.41. The van der Waals surface area contributed by atoms with Gasteiger partial charge in [0.05, 0.1) is 15.5 Å². The van der Waals surface area contributed by atoms with Crippen molar-refractivity contribution in [2.75, 3.05) is 5.88 Å². The molecule has 0 amide bonds. The Morgan fingerprint density at radius 2 is 2.19 bits per heavy atom. The molecule has 2 fully saturated rings. The molecular formula is C16H17BrClFN2. The van der Waals surface area contributed by atoms with Crippen LogP contribution < -0.4 is 0 Å². The molecule has 1 aromatic heterocycles. The molecular weight excluding hydrogens is 355 g/mol. The number of benzene rings is 1. The summed E-state index contributed by atoms with van der Waals surface area (Å²) in [5, 5.41) is 0. The SMILES string of the molecule is Fc1cc2nc(CCCl)n(C3CC4CCC3C4)c2cc1Br. The molecule has 3 unspecified atom stereocenters. The molecule has 2 aliphatic carbocycles. The third kappa shape index (κ3) is 2.22. The number of rotatable bonds is 3. The topological polar surface area (TPSA) is 17.8 Å². The second-order valence-electron chi connectivity index (χ2n) is 6.33. The third-order valence-electron chi connectivity index (χ3n) is 5.16. The minimum Gasteiger partial charge on any atom is -0.325 e. The number of hydrogen-bond donors (Lipinski definition) is 0. The van der Waals surface area contributed by atoms with Crippen molar-refractivity contribution in [2.24, 2.45) is 11.8 Å². The van der Waals surface area contributed by atoms with E-state index in [0.717, 1.165) is 35.1 Å². The molecule has 112 valence electrons. The van der Waals surface area contributed by atoms with Gasteiger partial charge in [-0.3, -0.25) is 0 Å². The Labute approximate surface area is 136 Å². The second-order valence-corrected chi connectivity index (χ2v) is 7.57. The van der Waals surface area contributed by atoms with Gasteiger partial charge in [0, 0.05) is 24.4 Å². The van der Waals surface area contributed by atoms with Crippen LogP contribution in [-0.2, 0) is 6.42 Å². The van der Waals surface area contributed by atoms with Crippen LogP contribution in [0.25, 0.3) is 11.0 Å². The molecule has 0 spiro atoms. The monoisotopic (exact) mass is 370 g/mol. The summed E-state index contributed by atoms with van der Waals surface area (Å²) in [6, 6.07) is 3.92. The van der Waals surface area contributed by atoms with Crippen LogP contribution in [0.1, 0.15) is 37.5 Å². The molecule has 0 aliphatic heterocycles. The Bertz CT molecular complexity index is 699. The van der Waals surface area contributed by atoms with Crippen LogP contribution in [0, 0.1) is 17.7 Å². The van der Waals surface area contributed by atoms with Crippen LogP contribution in [0.3, 0.4) is 0 Å². The molecule has 0 radical (unpaired) electrons. The van der Waals surface area contributed by atoms with Crippen molar-refractivity contribution in [1.29, 1.82) is 0 Å². The van der Waals surface area contributed by atoms with E-state index in [9.17, 15) is 4.39 Å². The Morgan fingerprint density at radius 3 is 2.86 bits per heavy atom. The van der Waals surface area contributed by atoms with Crippen LogP contribution >= 0.6 is 27.5 Å². The maximum absolute atomic E-state index is 13.8. The first kappa shape index (κ1) is 14.0. The summed E-state index contributed by atoms with van der Waals surface area (Å²) < 4.78 is 16.6. The minimum absolute atomic E-state index is 0.252. The lowest BCUT2D eigenvalue weighted by atomic mass is 9.95. The van der Waals surface area contributed by atoms with Crippen molar-refractivity contribution in [3.63, 3.8) is 0 Å². The van der Waals surface area contributed by atoms with Crippen molar-refractivity contribution < 1.29 is 4.39 Å². The van der Waals surface area contributed by atoms with E-state index in [0.29, 0.717) is 16.4 Å². The summed E-state index contributed by atoms with van der Waals surface area (Å²) >= 11 is 9.25. The number of halogens is 3. The van der Waals surface area contributed by atoms with Gasteiger partial charge in [0.2, 0.25) is 0 Å². The summed E-state index contributed by atoms with van der Waals surface area (Å²) in [5.41, 5.74) is 1.79. The molecule has 4 rings (SSSR count). The van der Waals surface area contributed by atoms with E-state index in [1.807, 2.05) is 6.07 Å². The van der Waals surface area contributed by atoms with Gasteiger partial charge in [-0.2, -0.15) is 0 Å². The molecule has 0 N–H and O–H groups in total. The fourth-order valence-electron chi connectivity index (χ4n) is 4.30. The van der Waals surface area contributed by atoms with E-state index in [1.165, 1.54) is 31.7 Å². The van der Waals surface area contributed by atoms with E-state index in [-0.39, 0.29) is 5.82 Å². The highest BCUT2D eigenvalue weighted by molar-refractivity contribution is 9.10. The molecule has 2 aromatic rings. The largest absolute Gasteiger partial charge is 0.325 e. The number of aryl methyl sites for hydroxylation is 1. The number of fused-ring (bicyclic) bond motifs is 3. The molecule has 1 heterocycles. The van der Waals surface area contributed by atoms with Crippen LogP contribution in [-0.4, -0.2) is 15.4 Å². The predicted octanol–water partition coefficient (Wildman–Crippen LogP) is 5.08. The van der Waals surface area contributed by atoms with E-state index in [4.69, 9.17) is 11.6 Å².